The summed E-state index contributed by atoms with van der Waals surface area (Å²) in [5, 5.41) is 6.46. The molecule has 0 aliphatic carbocycles. The summed E-state index contributed by atoms with van der Waals surface area (Å²) in [6.07, 6.45) is 3.98. The molecule has 0 spiro atoms. The molecule has 0 saturated carbocycles. The minimum Gasteiger partial charge on any atom is -0.352 e. The second-order valence-electron chi connectivity index (χ2n) is 7.39. The van der Waals surface area contributed by atoms with Gasteiger partial charge in [0.1, 0.15) is 0 Å². The Morgan fingerprint density at radius 3 is 2.50 bits per heavy atom. The quantitative estimate of drug-likeness (QED) is 0.807. The van der Waals surface area contributed by atoms with Gasteiger partial charge in [-0.25, -0.2) is 0 Å². The van der Waals surface area contributed by atoms with E-state index in [2.05, 4.69) is 10.6 Å². The zero-order chi connectivity index (χ0) is 15.5. The van der Waals surface area contributed by atoms with Crippen molar-refractivity contribution < 1.29 is 9.59 Å². The first-order valence-corrected chi connectivity index (χ1v) is 8.18. The summed E-state index contributed by atoms with van der Waals surface area (Å²) in [7, 11) is 0. The summed E-state index contributed by atoms with van der Waals surface area (Å²) in [6.45, 7) is 9.08. The van der Waals surface area contributed by atoms with Crippen LogP contribution < -0.4 is 10.6 Å². The molecule has 0 aromatic carbocycles. The second kappa shape index (κ2) is 8.16. The third-order valence-corrected chi connectivity index (χ3v) is 4.36. The molecule has 2 atom stereocenters. The smallest absolute Gasteiger partial charge is 0.227 e. The topological polar surface area (TPSA) is 61.4 Å². The molecule has 6 heteroatoms. The molecule has 0 bridgehead atoms. The number of nitrogens with one attached hydrogen (secondary N) is 2. The summed E-state index contributed by atoms with van der Waals surface area (Å²) in [5.41, 5.74) is -0.369. The van der Waals surface area contributed by atoms with Crippen molar-refractivity contribution in [3.8, 4) is 0 Å². The van der Waals surface area contributed by atoms with Gasteiger partial charge < -0.3 is 15.5 Å². The number of halogens is 1. The van der Waals surface area contributed by atoms with Crippen LogP contribution in [-0.2, 0) is 9.59 Å². The van der Waals surface area contributed by atoms with E-state index in [0.29, 0.717) is 6.54 Å². The van der Waals surface area contributed by atoms with E-state index in [1.165, 1.54) is 0 Å². The van der Waals surface area contributed by atoms with Gasteiger partial charge in [-0.1, -0.05) is 20.8 Å². The lowest BCUT2D eigenvalue weighted by Gasteiger charge is -2.36. The molecule has 22 heavy (non-hydrogen) atoms. The highest BCUT2D eigenvalue weighted by atomic mass is 35.5. The maximum Gasteiger partial charge on any atom is 0.227 e. The van der Waals surface area contributed by atoms with E-state index in [-0.39, 0.29) is 41.6 Å². The number of carbonyl (C=O) groups excluding carboxylic acids is 2. The number of hydrogen-bond acceptors (Lipinski definition) is 3. The molecule has 0 aromatic heterocycles. The summed E-state index contributed by atoms with van der Waals surface area (Å²) < 4.78 is 0. The number of piperidine rings is 2. The van der Waals surface area contributed by atoms with Crippen molar-refractivity contribution in [1.29, 1.82) is 0 Å². The van der Waals surface area contributed by atoms with E-state index in [0.717, 1.165) is 45.3 Å². The van der Waals surface area contributed by atoms with Gasteiger partial charge in [-0.3, -0.25) is 9.59 Å². The highest BCUT2D eigenvalue weighted by Crippen LogP contribution is 2.23. The Bertz CT molecular complexity index is 389. The van der Waals surface area contributed by atoms with Gasteiger partial charge in [-0.15, -0.1) is 12.4 Å². The van der Waals surface area contributed by atoms with E-state index in [9.17, 15) is 9.59 Å². The van der Waals surface area contributed by atoms with Crippen molar-refractivity contribution in [2.24, 2.45) is 11.3 Å². The Morgan fingerprint density at radius 1 is 1.18 bits per heavy atom. The zero-order valence-corrected chi connectivity index (χ0v) is 14.8. The molecule has 2 amide bonds. The van der Waals surface area contributed by atoms with Crippen LogP contribution in [0.15, 0.2) is 0 Å². The van der Waals surface area contributed by atoms with Gasteiger partial charge in [0, 0.05) is 31.1 Å². The summed E-state index contributed by atoms with van der Waals surface area (Å²) in [6, 6.07) is 0.250. The number of hydrogen-bond donors (Lipinski definition) is 2. The normalized spacial score (nSPS) is 26.0. The number of amides is 2. The van der Waals surface area contributed by atoms with Crippen LogP contribution in [0, 0.1) is 11.3 Å². The molecule has 0 radical (unpaired) electrons. The van der Waals surface area contributed by atoms with Gasteiger partial charge in [-0.05, 0) is 32.2 Å². The van der Waals surface area contributed by atoms with Gasteiger partial charge in [0.2, 0.25) is 11.8 Å². The molecule has 2 rings (SSSR count). The molecule has 2 aliphatic heterocycles. The van der Waals surface area contributed by atoms with Crippen molar-refractivity contribution in [1.82, 2.24) is 15.5 Å². The monoisotopic (exact) mass is 331 g/mol. The highest BCUT2D eigenvalue weighted by molar-refractivity contribution is 5.85. The first kappa shape index (κ1) is 19.2. The minimum absolute atomic E-state index is 0. The molecule has 0 aromatic rings. The third-order valence-electron chi connectivity index (χ3n) is 4.36. The fraction of sp³-hybridized carbons (Fsp3) is 0.875. The first-order chi connectivity index (χ1) is 9.88. The van der Waals surface area contributed by atoms with Crippen LogP contribution in [0.25, 0.3) is 0 Å². The van der Waals surface area contributed by atoms with Crippen molar-refractivity contribution in [2.45, 2.75) is 52.5 Å². The summed E-state index contributed by atoms with van der Waals surface area (Å²) >= 11 is 0. The lowest BCUT2D eigenvalue weighted by molar-refractivity contribution is -0.142. The predicted molar refractivity (Wildman–Crippen MR) is 90.0 cm³/mol. The summed E-state index contributed by atoms with van der Waals surface area (Å²) in [5.74, 6) is 0.224. The molecule has 2 aliphatic rings. The Balaban J connectivity index is 0.00000242. The standard InChI is InChI=1S/C16H29N3O2.ClH/c1-16(2,3)15(21)19-9-5-6-12(11-19)14(20)18-13-7-4-8-17-10-13;/h12-13,17H,4-11H2,1-3H3,(H,18,20);1H. The van der Waals surface area contributed by atoms with Gasteiger partial charge in [0.05, 0.1) is 5.92 Å². The van der Waals surface area contributed by atoms with Gasteiger partial charge in [0.15, 0.2) is 0 Å². The van der Waals surface area contributed by atoms with Gasteiger partial charge in [-0.2, -0.15) is 0 Å². The molecular formula is C16H30ClN3O2. The zero-order valence-electron chi connectivity index (χ0n) is 14.0. The van der Waals surface area contributed by atoms with Crippen LogP contribution in [0.3, 0.4) is 0 Å². The SMILES string of the molecule is CC(C)(C)C(=O)N1CCCC(C(=O)NC2CCCNC2)C1.Cl. The Morgan fingerprint density at radius 2 is 1.91 bits per heavy atom. The van der Waals surface area contributed by atoms with Crippen molar-refractivity contribution in [2.75, 3.05) is 26.2 Å². The third kappa shape index (κ3) is 5.13. The molecular weight excluding hydrogens is 302 g/mol. The van der Waals surface area contributed by atoms with Crippen LogP contribution in [0.4, 0.5) is 0 Å². The van der Waals surface area contributed by atoms with E-state index in [1.54, 1.807) is 0 Å². The van der Waals surface area contributed by atoms with Crippen LogP contribution in [0.1, 0.15) is 46.5 Å². The molecule has 2 heterocycles. The average Bonchev–Trinajstić information content (AvgIpc) is 2.46. The van der Waals surface area contributed by atoms with E-state index in [4.69, 9.17) is 0 Å². The highest BCUT2D eigenvalue weighted by Gasteiger charge is 2.33. The van der Waals surface area contributed by atoms with Crippen molar-refractivity contribution in [3.63, 3.8) is 0 Å². The fourth-order valence-electron chi connectivity index (χ4n) is 3.14. The second-order valence-corrected chi connectivity index (χ2v) is 7.39. The Kier molecular flexibility index (Phi) is 7.13. The van der Waals surface area contributed by atoms with E-state index < -0.39 is 0 Å². The maximum absolute atomic E-state index is 12.4. The lowest BCUT2D eigenvalue weighted by Crippen LogP contribution is -2.52. The fourth-order valence-corrected chi connectivity index (χ4v) is 3.14. The van der Waals surface area contributed by atoms with E-state index >= 15 is 0 Å². The number of rotatable bonds is 2. The largest absolute Gasteiger partial charge is 0.352 e. The average molecular weight is 332 g/mol. The number of carbonyl (C=O) groups is 2. The Hall–Kier alpha value is -0.810. The molecule has 2 N–H and O–H groups in total. The van der Waals surface area contributed by atoms with Crippen LogP contribution in [-0.4, -0.2) is 48.9 Å². The minimum atomic E-state index is -0.369. The molecule has 2 saturated heterocycles. The van der Waals surface area contributed by atoms with Gasteiger partial charge in [0.25, 0.3) is 0 Å². The van der Waals surface area contributed by atoms with Crippen LogP contribution >= 0.6 is 12.4 Å². The predicted octanol–water partition coefficient (Wildman–Crippen LogP) is 1.56. The Labute approximate surface area is 140 Å². The van der Waals surface area contributed by atoms with Gasteiger partial charge >= 0.3 is 0 Å². The van der Waals surface area contributed by atoms with Crippen molar-refractivity contribution >= 4 is 24.2 Å². The molecule has 5 nitrogen and oxygen atoms in total. The molecule has 2 unspecified atom stereocenters. The van der Waals surface area contributed by atoms with Crippen LogP contribution in [0.2, 0.25) is 0 Å². The molecule has 128 valence electrons. The number of likely N-dealkylation sites (tertiary alicyclic amines) is 1. The summed E-state index contributed by atoms with van der Waals surface area (Å²) in [4.78, 5) is 26.6. The lowest BCUT2D eigenvalue weighted by atomic mass is 9.90. The van der Waals surface area contributed by atoms with Crippen molar-refractivity contribution in [3.05, 3.63) is 0 Å². The number of nitrogens with zero attached hydrogens (tertiary/aromatic N) is 1. The van der Waals surface area contributed by atoms with E-state index in [1.807, 2.05) is 25.7 Å². The van der Waals surface area contributed by atoms with Crippen LogP contribution in [0.5, 0.6) is 0 Å². The first-order valence-electron chi connectivity index (χ1n) is 8.18. The molecule has 2 fully saturated rings. The maximum atomic E-state index is 12.4.